The Morgan fingerprint density at radius 3 is 2.69 bits per heavy atom. The lowest BCUT2D eigenvalue weighted by Gasteiger charge is -2.42. The van der Waals surface area contributed by atoms with Crippen molar-refractivity contribution >= 4 is 28.6 Å². The topological polar surface area (TPSA) is 87.6 Å². The molecule has 26 heavy (non-hydrogen) atoms. The number of aliphatic carboxylic acids is 1. The average molecular weight is 352 g/mol. The zero-order chi connectivity index (χ0) is 18.6. The number of piperidine rings is 1. The van der Waals surface area contributed by atoms with Gasteiger partial charge in [0.25, 0.3) is 0 Å². The van der Waals surface area contributed by atoms with E-state index in [1.165, 1.54) is 0 Å². The molecule has 2 aliphatic heterocycles. The predicted octanol–water partition coefficient (Wildman–Crippen LogP) is 2.56. The number of amides is 1. The number of carboxylic acid groups (broad SMARTS) is 1. The molecule has 1 aromatic heterocycles. The lowest BCUT2D eigenvalue weighted by Crippen LogP contribution is -2.53. The van der Waals surface area contributed by atoms with Crippen molar-refractivity contribution in [3.63, 3.8) is 0 Å². The van der Waals surface area contributed by atoms with Crippen LogP contribution in [0.5, 0.6) is 0 Å². The number of hydrogen-bond acceptors (Lipinski definition) is 4. The summed E-state index contributed by atoms with van der Waals surface area (Å²) >= 11 is 0. The SMILES string of the molecule is CCC(=O)C1C(C)C(=O)N2Cc3cc4ccccc4nc3C2C1C(=O)O. The third-order valence-corrected chi connectivity index (χ3v) is 5.74. The fourth-order valence-corrected chi connectivity index (χ4v) is 4.49. The molecule has 1 N–H and O–H groups in total. The van der Waals surface area contributed by atoms with Crippen molar-refractivity contribution in [1.29, 1.82) is 0 Å². The van der Waals surface area contributed by atoms with Gasteiger partial charge >= 0.3 is 5.97 Å². The van der Waals surface area contributed by atoms with Crippen LogP contribution < -0.4 is 0 Å². The number of ketones is 1. The molecule has 6 heteroatoms. The molecule has 1 saturated heterocycles. The van der Waals surface area contributed by atoms with Crippen molar-refractivity contribution in [3.8, 4) is 0 Å². The number of hydrogen-bond donors (Lipinski definition) is 1. The van der Waals surface area contributed by atoms with Crippen molar-refractivity contribution in [1.82, 2.24) is 9.88 Å². The van der Waals surface area contributed by atoms with E-state index in [0.717, 1.165) is 16.5 Å². The summed E-state index contributed by atoms with van der Waals surface area (Å²) in [5.74, 6) is -3.80. The van der Waals surface area contributed by atoms with Gasteiger partial charge in [-0.05, 0) is 17.7 Å². The molecule has 0 radical (unpaired) electrons. The number of benzene rings is 1. The van der Waals surface area contributed by atoms with Gasteiger partial charge in [0.1, 0.15) is 5.78 Å². The van der Waals surface area contributed by atoms with Crippen LogP contribution in [0.15, 0.2) is 30.3 Å². The molecule has 0 spiro atoms. The van der Waals surface area contributed by atoms with Crippen molar-refractivity contribution in [2.75, 3.05) is 0 Å². The van der Waals surface area contributed by atoms with Gasteiger partial charge in [-0.2, -0.15) is 0 Å². The molecular weight excluding hydrogens is 332 g/mol. The van der Waals surface area contributed by atoms with Gasteiger partial charge in [-0.25, -0.2) is 0 Å². The van der Waals surface area contributed by atoms with Crippen LogP contribution >= 0.6 is 0 Å². The smallest absolute Gasteiger partial charge is 0.309 e. The molecule has 134 valence electrons. The van der Waals surface area contributed by atoms with E-state index < -0.39 is 29.8 Å². The number of carbonyl (C=O) groups is 3. The van der Waals surface area contributed by atoms with Crippen LogP contribution in [0.3, 0.4) is 0 Å². The number of fused-ring (bicyclic) bond motifs is 4. The van der Waals surface area contributed by atoms with Crippen molar-refractivity contribution in [3.05, 3.63) is 41.6 Å². The van der Waals surface area contributed by atoms with Gasteiger partial charge in [0.05, 0.1) is 23.2 Å². The van der Waals surface area contributed by atoms with Gasteiger partial charge in [0.2, 0.25) is 5.91 Å². The Balaban J connectivity index is 1.90. The Labute approximate surface area is 150 Å². The number of nitrogens with zero attached hydrogens (tertiary/aromatic N) is 2. The van der Waals surface area contributed by atoms with Crippen LogP contribution in [-0.4, -0.2) is 32.7 Å². The molecule has 6 nitrogen and oxygen atoms in total. The van der Waals surface area contributed by atoms with E-state index in [1.807, 2.05) is 30.3 Å². The van der Waals surface area contributed by atoms with Gasteiger partial charge in [-0.3, -0.25) is 19.4 Å². The van der Waals surface area contributed by atoms with Crippen molar-refractivity contribution < 1.29 is 19.5 Å². The molecule has 2 aromatic rings. The summed E-state index contributed by atoms with van der Waals surface area (Å²) in [6.07, 6.45) is 0.219. The molecule has 1 amide bonds. The second-order valence-corrected chi connectivity index (χ2v) is 7.13. The summed E-state index contributed by atoms with van der Waals surface area (Å²) < 4.78 is 0. The monoisotopic (exact) mass is 352 g/mol. The molecule has 2 aliphatic rings. The van der Waals surface area contributed by atoms with E-state index >= 15 is 0 Å². The third-order valence-electron chi connectivity index (χ3n) is 5.74. The maximum atomic E-state index is 12.9. The molecule has 1 aromatic carbocycles. The average Bonchev–Trinajstić information content (AvgIpc) is 2.99. The highest BCUT2D eigenvalue weighted by molar-refractivity contribution is 5.95. The van der Waals surface area contributed by atoms with E-state index in [4.69, 9.17) is 0 Å². The van der Waals surface area contributed by atoms with Crippen LogP contribution in [0.25, 0.3) is 10.9 Å². The van der Waals surface area contributed by atoms with Crippen LogP contribution in [-0.2, 0) is 20.9 Å². The van der Waals surface area contributed by atoms with Gasteiger partial charge in [0, 0.05) is 30.2 Å². The highest BCUT2D eigenvalue weighted by Gasteiger charge is 2.55. The van der Waals surface area contributed by atoms with E-state index in [9.17, 15) is 19.5 Å². The Morgan fingerprint density at radius 1 is 1.27 bits per heavy atom. The molecule has 0 bridgehead atoms. The normalized spacial score (nSPS) is 27.3. The lowest BCUT2D eigenvalue weighted by atomic mass is 9.71. The predicted molar refractivity (Wildman–Crippen MR) is 94.1 cm³/mol. The quantitative estimate of drug-likeness (QED) is 0.917. The Bertz CT molecular complexity index is 939. The minimum absolute atomic E-state index is 0.165. The first-order valence-electron chi connectivity index (χ1n) is 8.88. The number of Topliss-reactive ketones (excluding diaryl/α,β-unsaturated/α-hetero) is 1. The Hall–Kier alpha value is -2.76. The van der Waals surface area contributed by atoms with E-state index in [0.29, 0.717) is 12.2 Å². The summed E-state index contributed by atoms with van der Waals surface area (Å²) in [4.78, 5) is 43.8. The molecule has 4 unspecified atom stereocenters. The minimum Gasteiger partial charge on any atom is -0.481 e. The molecule has 0 aliphatic carbocycles. The van der Waals surface area contributed by atoms with Crippen LogP contribution in [0.2, 0.25) is 0 Å². The summed E-state index contributed by atoms with van der Waals surface area (Å²) in [5.41, 5.74) is 2.25. The van der Waals surface area contributed by atoms with Gasteiger partial charge in [0.15, 0.2) is 0 Å². The minimum atomic E-state index is -1.05. The summed E-state index contributed by atoms with van der Waals surface area (Å²) in [6, 6.07) is 8.90. The Morgan fingerprint density at radius 2 is 2.00 bits per heavy atom. The van der Waals surface area contributed by atoms with Crippen LogP contribution in [0.1, 0.15) is 37.6 Å². The Kier molecular flexibility index (Phi) is 3.79. The first-order chi connectivity index (χ1) is 12.4. The summed E-state index contributed by atoms with van der Waals surface area (Å²) in [6.45, 7) is 3.72. The molecule has 3 heterocycles. The molecule has 0 saturated carbocycles. The van der Waals surface area contributed by atoms with Crippen molar-refractivity contribution in [2.45, 2.75) is 32.9 Å². The second-order valence-electron chi connectivity index (χ2n) is 7.13. The fraction of sp³-hybridized carbons (Fsp3) is 0.400. The van der Waals surface area contributed by atoms with Crippen LogP contribution in [0.4, 0.5) is 0 Å². The highest BCUT2D eigenvalue weighted by Crippen LogP contribution is 2.48. The zero-order valence-electron chi connectivity index (χ0n) is 14.7. The standard InChI is InChI=1S/C20H20N2O4/c1-3-14(23)15-10(2)19(24)22-9-12-8-11-6-4-5-7-13(11)21-17(12)18(22)16(15)20(25)26/h4-8,10,15-16,18H,3,9H2,1-2H3,(H,25,26). The van der Waals surface area contributed by atoms with Gasteiger partial charge in [-0.15, -0.1) is 0 Å². The number of para-hydroxylation sites is 1. The number of pyridine rings is 1. The van der Waals surface area contributed by atoms with Crippen molar-refractivity contribution in [2.24, 2.45) is 17.8 Å². The largest absolute Gasteiger partial charge is 0.481 e. The summed E-state index contributed by atoms with van der Waals surface area (Å²) in [7, 11) is 0. The number of carboxylic acids is 1. The van der Waals surface area contributed by atoms with E-state index in [1.54, 1.807) is 18.7 Å². The molecule has 4 atom stereocenters. The fourth-order valence-electron chi connectivity index (χ4n) is 4.49. The molecule has 4 rings (SSSR count). The first-order valence-corrected chi connectivity index (χ1v) is 8.88. The molecular formula is C20H20N2O4. The summed E-state index contributed by atoms with van der Waals surface area (Å²) in [5, 5.41) is 10.9. The third kappa shape index (κ3) is 2.25. The second kappa shape index (κ2) is 5.90. The van der Waals surface area contributed by atoms with Gasteiger partial charge in [-0.1, -0.05) is 32.0 Å². The molecule has 1 fully saturated rings. The first kappa shape index (κ1) is 16.7. The van der Waals surface area contributed by atoms with Gasteiger partial charge < -0.3 is 10.0 Å². The van der Waals surface area contributed by atoms with E-state index in [2.05, 4.69) is 4.98 Å². The van der Waals surface area contributed by atoms with E-state index in [-0.39, 0.29) is 18.1 Å². The lowest BCUT2D eigenvalue weighted by molar-refractivity contribution is -0.165. The number of carbonyl (C=O) groups excluding carboxylic acids is 2. The number of rotatable bonds is 3. The maximum Gasteiger partial charge on any atom is 0.309 e. The van der Waals surface area contributed by atoms with Crippen LogP contribution in [0, 0.1) is 17.8 Å². The zero-order valence-corrected chi connectivity index (χ0v) is 14.7. The highest BCUT2D eigenvalue weighted by atomic mass is 16.4. The maximum absolute atomic E-state index is 12.9. The number of aromatic nitrogens is 1.